The second kappa shape index (κ2) is 6.39. The van der Waals surface area contributed by atoms with Gasteiger partial charge in [-0.25, -0.2) is 15.8 Å². The lowest BCUT2D eigenvalue weighted by atomic mass is 9.88. The van der Waals surface area contributed by atoms with Crippen molar-refractivity contribution in [1.29, 1.82) is 0 Å². The van der Waals surface area contributed by atoms with E-state index in [1.807, 2.05) is 6.92 Å². The zero-order valence-corrected chi connectivity index (χ0v) is 13.1. The van der Waals surface area contributed by atoms with E-state index in [9.17, 15) is 0 Å². The van der Waals surface area contributed by atoms with Crippen LogP contribution in [0.5, 0.6) is 0 Å². The predicted molar refractivity (Wildman–Crippen MR) is 83.7 cm³/mol. The van der Waals surface area contributed by atoms with Crippen molar-refractivity contribution in [2.24, 2.45) is 17.7 Å². The summed E-state index contributed by atoms with van der Waals surface area (Å²) in [4.78, 5) is 11.7. The molecule has 1 aliphatic rings. The van der Waals surface area contributed by atoms with Crippen molar-refractivity contribution in [2.45, 2.75) is 47.0 Å². The standard InChI is InChI=1S/C15H27N5/c1-5-6-13-17-14(19-16)12(4)15(18-13)20-8-7-10(2)11(3)9-20/h10-11H,5-9,16H2,1-4H3,(H,17,18,19). The van der Waals surface area contributed by atoms with E-state index in [-0.39, 0.29) is 0 Å². The SMILES string of the molecule is CCCc1nc(NN)c(C)c(N2CCC(C)C(C)C2)n1. The van der Waals surface area contributed by atoms with Crippen LogP contribution in [0.3, 0.4) is 0 Å². The molecule has 2 heterocycles. The lowest BCUT2D eigenvalue weighted by Gasteiger charge is -2.37. The van der Waals surface area contributed by atoms with Crippen molar-refractivity contribution < 1.29 is 0 Å². The normalized spacial score (nSPS) is 22.9. The lowest BCUT2D eigenvalue weighted by molar-refractivity contribution is 0.322. The Kier molecular flexibility index (Phi) is 4.81. The molecule has 112 valence electrons. The number of nitrogens with two attached hydrogens (primary N) is 1. The number of nitrogen functional groups attached to an aromatic ring is 1. The highest BCUT2D eigenvalue weighted by Crippen LogP contribution is 2.30. The minimum Gasteiger partial charge on any atom is -0.356 e. The smallest absolute Gasteiger partial charge is 0.148 e. The summed E-state index contributed by atoms with van der Waals surface area (Å²) in [5.41, 5.74) is 3.77. The van der Waals surface area contributed by atoms with Crippen molar-refractivity contribution in [1.82, 2.24) is 9.97 Å². The van der Waals surface area contributed by atoms with Gasteiger partial charge in [0.1, 0.15) is 17.5 Å². The molecule has 1 aromatic heterocycles. The van der Waals surface area contributed by atoms with Crippen molar-refractivity contribution >= 4 is 11.6 Å². The van der Waals surface area contributed by atoms with Crippen LogP contribution in [0, 0.1) is 18.8 Å². The Morgan fingerprint density at radius 3 is 2.65 bits per heavy atom. The van der Waals surface area contributed by atoms with E-state index < -0.39 is 0 Å². The zero-order valence-electron chi connectivity index (χ0n) is 13.1. The molecule has 0 aliphatic carbocycles. The molecule has 0 amide bonds. The molecule has 5 heteroatoms. The fourth-order valence-corrected chi connectivity index (χ4v) is 2.79. The first-order chi connectivity index (χ1) is 9.56. The molecule has 0 saturated carbocycles. The van der Waals surface area contributed by atoms with Crippen LogP contribution >= 0.6 is 0 Å². The van der Waals surface area contributed by atoms with Gasteiger partial charge in [0.25, 0.3) is 0 Å². The summed E-state index contributed by atoms with van der Waals surface area (Å²) in [6.45, 7) is 11.0. The zero-order chi connectivity index (χ0) is 14.7. The number of rotatable bonds is 4. The highest BCUT2D eigenvalue weighted by atomic mass is 15.3. The van der Waals surface area contributed by atoms with E-state index in [1.54, 1.807) is 0 Å². The minimum absolute atomic E-state index is 0.696. The number of hydrazine groups is 1. The van der Waals surface area contributed by atoms with Crippen LogP contribution in [0.4, 0.5) is 11.6 Å². The largest absolute Gasteiger partial charge is 0.356 e. The molecular weight excluding hydrogens is 250 g/mol. The van der Waals surface area contributed by atoms with Gasteiger partial charge in [0, 0.05) is 25.1 Å². The number of nitrogens with one attached hydrogen (secondary N) is 1. The first-order valence-corrected chi connectivity index (χ1v) is 7.65. The quantitative estimate of drug-likeness (QED) is 0.654. The number of piperidine rings is 1. The van der Waals surface area contributed by atoms with Crippen LogP contribution < -0.4 is 16.2 Å². The van der Waals surface area contributed by atoms with Crippen molar-refractivity contribution in [3.63, 3.8) is 0 Å². The number of nitrogens with zero attached hydrogens (tertiary/aromatic N) is 3. The molecule has 2 rings (SSSR count). The molecular formula is C15H27N5. The number of hydrogen-bond acceptors (Lipinski definition) is 5. The number of aromatic nitrogens is 2. The Bertz CT molecular complexity index is 460. The maximum absolute atomic E-state index is 5.60. The number of anilines is 2. The number of aryl methyl sites for hydroxylation is 1. The van der Waals surface area contributed by atoms with Crippen LogP contribution in [-0.4, -0.2) is 23.1 Å². The highest BCUT2D eigenvalue weighted by Gasteiger charge is 2.25. The van der Waals surface area contributed by atoms with E-state index in [0.29, 0.717) is 5.92 Å². The molecule has 0 bridgehead atoms. The molecule has 2 atom stereocenters. The van der Waals surface area contributed by atoms with Gasteiger partial charge >= 0.3 is 0 Å². The summed E-state index contributed by atoms with van der Waals surface area (Å²) >= 11 is 0. The Labute approximate surface area is 121 Å². The van der Waals surface area contributed by atoms with Gasteiger partial charge in [-0.1, -0.05) is 20.8 Å². The second-order valence-corrected chi connectivity index (χ2v) is 6.02. The third kappa shape index (κ3) is 3.03. The Balaban J connectivity index is 2.32. The number of hydrogen-bond donors (Lipinski definition) is 2. The Hall–Kier alpha value is -1.36. The van der Waals surface area contributed by atoms with Gasteiger partial charge in [0.15, 0.2) is 0 Å². The first-order valence-electron chi connectivity index (χ1n) is 7.65. The van der Waals surface area contributed by atoms with Crippen molar-refractivity contribution in [3.8, 4) is 0 Å². The molecule has 1 saturated heterocycles. The molecule has 2 unspecified atom stereocenters. The molecule has 1 aromatic rings. The molecule has 0 aromatic carbocycles. The maximum atomic E-state index is 5.60. The molecule has 1 fully saturated rings. The monoisotopic (exact) mass is 277 g/mol. The highest BCUT2D eigenvalue weighted by molar-refractivity contribution is 5.58. The average Bonchev–Trinajstić information content (AvgIpc) is 2.44. The summed E-state index contributed by atoms with van der Waals surface area (Å²) in [6.07, 6.45) is 3.15. The van der Waals surface area contributed by atoms with E-state index in [4.69, 9.17) is 10.8 Å². The van der Waals surface area contributed by atoms with Crippen molar-refractivity contribution in [3.05, 3.63) is 11.4 Å². The average molecular weight is 277 g/mol. The van der Waals surface area contributed by atoms with Crippen molar-refractivity contribution in [2.75, 3.05) is 23.4 Å². The topological polar surface area (TPSA) is 67.1 Å². The van der Waals surface area contributed by atoms with E-state index >= 15 is 0 Å². The summed E-state index contributed by atoms with van der Waals surface area (Å²) < 4.78 is 0. The van der Waals surface area contributed by atoms with Gasteiger partial charge in [0.05, 0.1) is 0 Å². The molecule has 0 radical (unpaired) electrons. The fourth-order valence-electron chi connectivity index (χ4n) is 2.79. The molecule has 5 nitrogen and oxygen atoms in total. The van der Waals surface area contributed by atoms with Gasteiger partial charge in [0.2, 0.25) is 0 Å². The van der Waals surface area contributed by atoms with E-state index in [1.165, 1.54) is 6.42 Å². The van der Waals surface area contributed by atoms with Crippen LogP contribution in [0.2, 0.25) is 0 Å². The molecule has 1 aliphatic heterocycles. The lowest BCUT2D eigenvalue weighted by Crippen LogP contribution is -2.39. The van der Waals surface area contributed by atoms with Crippen LogP contribution in [0.15, 0.2) is 0 Å². The van der Waals surface area contributed by atoms with Crippen LogP contribution in [-0.2, 0) is 6.42 Å². The van der Waals surface area contributed by atoms with Gasteiger partial charge < -0.3 is 10.3 Å². The third-order valence-electron chi connectivity index (χ3n) is 4.41. The summed E-state index contributed by atoms with van der Waals surface area (Å²) in [5, 5.41) is 0. The molecule has 20 heavy (non-hydrogen) atoms. The third-order valence-corrected chi connectivity index (χ3v) is 4.41. The van der Waals surface area contributed by atoms with E-state index in [2.05, 4.69) is 36.1 Å². The van der Waals surface area contributed by atoms with Crippen LogP contribution in [0.25, 0.3) is 0 Å². The van der Waals surface area contributed by atoms with Crippen LogP contribution in [0.1, 0.15) is 45.0 Å². The maximum Gasteiger partial charge on any atom is 0.148 e. The Morgan fingerprint density at radius 2 is 2.05 bits per heavy atom. The van der Waals surface area contributed by atoms with Gasteiger partial charge in [-0.05, 0) is 31.6 Å². The first kappa shape index (κ1) is 15.0. The summed E-state index contributed by atoms with van der Waals surface area (Å²) in [5.74, 6) is 9.78. The molecule has 0 spiro atoms. The summed E-state index contributed by atoms with van der Waals surface area (Å²) in [6, 6.07) is 0. The Morgan fingerprint density at radius 1 is 1.30 bits per heavy atom. The van der Waals surface area contributed by atoms with E-state index in [0.717, 1.165) is 54.9 Å². The second-order valence-electron chi connectivity index (χ2n) is 6.02. The van der Waals surface area contributed by atoms with Gasteiger partial charge in [-0.2, -0.15) is 0 Å². The predicted octanol–water partition coefficient (Wildman–Crippen LogP) is 2.51. The fraction of sp³-hybridized carbons (Fsp3) is 0.733. The summed E-state index contributed by atoms with van der Waals surface area (Å²) in [7, 11) is 0. The van der Waals surface area contributed by atoms with Gasteiger partial charge in [-0.15, -0.1) is 0 Å². The van der Waals surface area contributed by atoms with Gasteiger partial charge in [-0.3, -0.25) is 0 Å². The minimum atomic E-state index is 0.696. The molecule has 3 N–H and O–H groups in total.